The second kappa shape index (κ2) is 7.18. The molecular weight excluding hydrogens is 375 g/mol. The molecule has 0 radical (unpaired) electrons. The standard InChI is InChI=1S/C19H14F3N3O3/c1-11(14-8-6-12-4-2-3-5-15(12)18(14)26)23-24-16-9-7-13(19(20,21)22)10-17(16)25(27)28/h2-10,24,26H,1H3. The summed E-state index contributed by atoms with van der Waals surface area (Å²) in [5.41, 5.74) is 1.03. The van der Waals surface area contributed by atoms with Gasteiger partial charge in [-0.25, -0.2) is 0 Å². The maximum atomic E-state index is 12.8. The van der Waals surface area contributed by atoms with Crippen molar-refractivity contribution >= 4 is 27.9 Å². The van der Waals surface area contributed by atoms with Crippen LogP contribution in [0.15, 0.2) is 59.7 Å². The first-order valence-corrected chi connectivity index (χ1v) is 8.05. The molecule has 144 valence electrons. The third kappa shape index (κ3) is 3.73. The Morgan fingerprint density at radius 3 is 2.54 bits per heavy atom. The van der Waals surface area contributed by atoms with Crippen LogP contribution in [0.3, 0.4) is 0 Å². The second-order valence-corrected chi connectivity index (χ2v) is 5.98. The van der Waals surface area contributed by atoms with Crippen LogP contribution in [0, 0.1) is 10.1 Å². The number of aromatic hydroxyl groups is 1. The van der Waals surface area contributed by atoms with E-state index in [2.05, 4.69) is 10.5 Å². The van der Waals surface area contributed by atoms with Crippen LogP contribution in [0.1, 0.15) is 18.1 Å². The molecule has 0 spiro atoms. The Kier molecular flexibility index (Phi) is 4.91. The zero-order chi connectivity index (χ0) is 20.5. The van der Waals surface area contributed by atoms with Crippen molar-refractivity contribution in [1.82, 2.24) is 0 Å². The number of phenols is 1. The molecule has 0 aliphatic heterocycles. The van der Waals surface area contributed by atoms with E-state index in [9.17, 15) is 28.4 Å². The van der Waals surface area contributed by atoms with Gasteiger partial charge in [-0.1, -0.05) is 30.3 Å². The summed E-state index contributed by atoms with van der Waals surface area (Å²) in [5, 5.41) is 27.0. The number of nitro benzene ring substituents is 1. The van der Waals surface area contributed by atoms with Gasteiger partial charge in [0.25, 0.3) is 5.69 Å². The van der Waals surface area contributed by atoms with Crippen LogP contribution < -0.4 is 5.43 Å². The number of hydrogen-bond acceptors (Lipinski definition) is 5. The SMILES string of the molecule is CC(=NNc1ccc(C(F)(F)F)cc1[N+](=O)[O-])c1ccc2ccccc2c1O. The molecule has 0 heterocycles. The summed E-state index contributed by atoms with van der Waals surface area (Å²) in [6.45, 7) is 1.56. The minimum absolute atomic E-state index is 0.0110. The third-order valence-electron chi connectivity index (χ3n) is 4.16. The van der Waals surface area contributed by atoms with Crippen molar-refractivity contribution in [1.29, 1.82) is 0 Å². The quantitative estimate of drug-likeness (QED) is 0.360. The normalized spacial score (nSPS) is 12.2. The number of benzene rings is 3. The van der Waals surface area contributed by atoms with E-state index in [1.165, 1.54) is 0 Å². The maximum Gasteiger partial charge on any atom is 0.416 e. The summed E-state index contributed by atoms with van der Waals surface area (Å²) in [5.74, 6) is -0.0110. The van der Waals surface area contributed by atoms with Crippen molar-refractivity contribution in [3.8, 4) is 5.75 Å². The van der Waals surface area contributed by atoms with Crippen molar-refractivity contribution < 1.29 is 23.2 Å². The van der Waals surface area contributed by atoms with E-state index in [0.29, 0.717) is 22.7 Å². The minimum atomic E-state index is -4.70. The number of fused-ring (bicyclic) bond motifs is 1. The van der Waals surface area contributed by atoms with E-state index in [4.69, 9.17) is 0 Å². The number of anilines is 1. The molecule has 0 atom stereocenters. The number of nitrogens with zero attached hydrogens (tertiary/aromatic N) is 2. The molecule has 3 aromatic carbocycles. The van der Waals surface area contributed by atoms with E-state index in [0.717, 1.165) is 17.5 Å². The van der Waals surface area contributed by atoms with Crippen LogP contribution in [0.2, 0.25) is 0 Å². The first-order chi connectivity index (χ1) is 13.2. The van der Waals surface area contributed by atoms with Gasteiger partial charge >= 0.3 is 6.18 Å². The largest absolute Gasteiger partial charge is 0.507 e. The molecular formula is C19H14F3N3O3. The second-order valence-electron chi connectivity index (χ2n) is 5.98. The van der Waals surface area contributed by atoms with Crippen molar-refractivity contribution in [2.45, 2.75) is 13.1 Å². The van der Waals surface area contributed by atoms with Crippen LogP contribution in [-0.4, -0.2) is 15.7 Å². The fourth-order valence-corrected chi connectivity index (χ4v) is 2.70. The van der Waals surface area contributed by atoms with Gasteiger partial charge in [0, 0.05) is 17.0 Å². The molecule has 0 aliphatic carbocycles. The third-order valence-corrected chi connectivity index (χ3v) is 4.16. The Bertz CT molecular complexity index is 1090. The van der Waals surface area contributed by atoms with Crippen LogP contribution >= 0.6 is 0 Å². The lowest BCUT2D eigenvalue weighted by molar-refractivity contribution is -0.384. The highest BCUT2D eigenvalue weighted by Crippen LogP contribution is 2.35. The predicted molar refractivity (Wildman–Crippen MR) is 99.5 cm³/mol. The fourth-order valence-electron chi connectivity index (χ4n) is 2.70. The molecule has 0 fully saturated rings. The van der Waals surface area contributed by atoms with Gasteiger partial charge in [-0.2, -0.15) is 18.3 Å². The Balaban J connectivity index is 1.95. The predicted octanol–water partition coefficient (Wildman–Crippen LogP) is 5.31. The number of nitrogens with one attached hydrogen (secondary N) is 1. The number of alkyl halides is 3. The topological polar surface area (TPSA) is 87.8 Å². The monoisotopic (exact) mass is 389 g/mol. The van der Waals surface area contributed by atoms with Gasteiger partial charge in [-0.05, 0) is 30.5 Å². The molecule has 0 unspecified atom stereocenters. The molecule has 0 aromatic heterocycles. The summed E-state index contributed by atoms with van der Waals surface area (Å²) in [6, 6.07) is 12.7. The Morgan fingerprint density at radius 2 is 1.86 bits per heavy atom. The van der Waals surface area contributed by atoms with Crippen molar-refractivity contribution in [2.75, 3.05) is 5.43 Å². The Hall–Kier alpha value is -3.62. The maximum absolute atomic E-state index is 12.8. The number of phenolic OH excluding ortho intramolecular Hbond substituents is 1. The van der Waals surface area contributed by atoms with E-state index in [1.807, 2.05) is 12.1 Å². The minimum Gasteiger partial charge on any atom is -0.507 e. The first kappa shape index (κ1) is 19.2. The molecule has 6 nitrogen and oxygen atoms in total. The molecule has 0 aliphatic rings. The Morgan fingerprint density at radius 1 is 1.14 bits per heavy atom. The summed E-state index contributed by atoms with van der Waals surface area (Å²) in [6.07, 6.45) is -4.70. The number of nitro groups is 1. The molecule has 2 N–H and O–H groups in total. The average molecular weight is 389 g/mol. The van der Waals surface area contributed by atoms with Gasteiger partial charge < -0.3 is 5.11 Å². The summed E-state index contributed by atoms with van der Waals surface area (Å²) in [7, 11) is 0. The summed E-state index contributed by atoms with van der Waals surface area (Å²) < 4.78 is 38.3. The average Bonchev–Trinajstić information content (AvgIpc) is 2.65. The lowest BCUT2D eigenvalue weighted by Gasteiger charge is -2.10. The van der Waals surface area contributed by atoms with Gasteiger partial charge in [0.05, 0.1) is 16.2 Å². The lowest BCUT2D eigenvalue weighted by Crippen LogP contribution is -2.07. The van der Waals surface area contributed by atoms with Crippen molar-refractivity contribution in [2.24, 2.45) is 5.10 Å². The van der Waals surface area contributed by atoms with Gasteiger partial charge in [-0.3, -0.25) is 15.5 Å². The van der Waals surface area contributed by atoms with E-state index in [-0.39, 0.29) is 11.4 Å². The van der Waals surface area contributed by atoms with Gasteiger partial charge in [-0.15, -0.1) is 0 Å². The Labute approximate surface area is 157 Å². The van der Waals surface area contributed by atoms with Crippen molar-refractivity contribution in [3.63, 3.8) is 0 Å². The highest BCUT2D eigenvalue weighted by Gasteiger charge is 2.33. The number of hydrazone groups is 1. The van der Waals surface area contributed by atoms with Gasteiger partial charge in [0.2, 0.25) is 0 Å². The molecule has 0 bridgehead atoms. The van der Waals surface area contributed by atoms with E-state index in [1.54, 1.807) is 31.2 Å². The zero-order valence-electron chi connectivity index (χ0n) is 14.5. The van der Waals surface area contributed by atoms with Crippen LogP contribution in [0.25, 0.3) is 10.8 Å². The van der Waals surface area contributed by atoms with Crippen LogP contribution in [0.4, 0.5) is 24.5 Å². The molecule has 0 amide bonds. The molecule has 28 heavy (non-hydrogen) atoms. The number of hydrogen-bond donors (Lipinski definition) is 2. The fraction of sp³-hybridized carbons (Fsp3) is 0.105. The summed E-state index contributed by atoms with van der Waals surface area (Å²) in [4.78, 5) is 10.2. The molecule has 0 saturated heterocycles. The highest BCUT2D eigenvalue weighted by molar-refractivity contribution is 6.06. The molecule has 0 saturated carbocycles. The molecule has 3 aromatic rings. The van der Waals surface area contributed by atoms with E-state index < -0.39 is 22.4 Å². The van der Waals surface area contributed by atoms with Gasteiger partial charge in [0.15, 0.2) is 0 Å². The van der Waals surface area contributed by atoms with Crippen LogP contribution in [-0.2, 0) is 6.18 Å². The highest BCUT2D eigenvalue weighted by atomic mass is 19.4. The molecule has 3 rings (SSSR count). The smallest absolute Gasteiger partial charge is 0.416 e. The molecule has 9 heteroatoms. The lowest BCUT2D eigenvalue weighted by atomic mass is 10.0. The first-order valence-electron chi connectivity index (χ1n) is 8.05. The summed E-state index contributed by atoms with van der Waals surface area (Å²) >= 11 is 0. The number of halogens is 3. The number of rotatable bonds is 4. The van der Waals surface area contributed by atoms with Crippen molar-refractivity contribution in [3.05, 3.63) is 75.8 Å². The van der Waals surface area contributed by atoms with E-state index >= 15 is 0 Å². The van der Waals surface area contributed by atoms with Gasteiger partial charge in [0.1, 0.15) is 11.4 Å². The zero-order valence-corrected chi connectivity index (χ0v) is 14.5. The van der Waals surface area contributed by atoms with Crippen LogP contribution in [0.5, 0.6) is 5.75 Å².